The van der Waals surface area contributed by atoms with Crippen LogP contribution in [0.2, 0.25) is 5.02 Å². The van der Waals surface area contributed by atoms with Gasteiger partial charge in [-0.05, 0) is 12.5 Å². The van der Waals surface area contributed by atoms with Crippen molar-refractivity contribution in [3.63, 3.8) is 0 Å². The van der Waals surface area contributed by atoms with E-state index < -0.39 is 5.97 Å². The van der Waals surface area contributed by atoms with Crippen molar-refractivity contribution in [1.82, 2.24) is 4.90 Å². The number of amides is 2. The van der Waals surface area contributed by atoms with Crippen molar-refractivity contribution in [2.24, 2.45) is 0 Å². The highest BCUT2D eigenvalue weighted by Gasteiger charge is 2.19. The number of methoxy groups -OCH3 is 1. The van der Waals surface area contributed by atoms with Gasteiger partial charge in [-0.1, -0.05) is 23.8 Å². The standard InChI is InChI=1S/C14H15ClN2O4/c1-21-12-8-11(10(15)7-9(12)13(18)19)16-14(20)17-5-3-2-4-6-17/h2-3,7-8H,4-6H2,1H3,(H,16,20)(H,18,19). The lowest BCUT2D eigenvalue weighted by molar-refractivity contribution is 0.0693. The summed E-state index contributed by atoms with van der Waals surface area (Å²) in [5.41, 5.74) is 0.263. The molecule has 2 N–H and O–H groups in total. The molecule has 0 atom stereocenters. The molecule has 0 aromatic heterocycles. The lowest BCUT2D eigenvalue weighted by atomic mass is 10.2. The minimum absolute atomic E-state index is 0.0543. The van der Waals surface area contributed by atoms with Gasteiger partial charge in [-0.3, -0.25) is 0 Å². The summed E-state index contributed by atoms with van der Waals surface area (Å²) in [7, 11) is 1.36. The lowest BCUT2D eigenvalue weighted by Crippen LogP contribution is -2.37. The van der Waals surface area contributed by atoms with Crippen LogP contribution in [0.1, 0.15) is 16.8 Å². The molecule has 7 heteroatoms. The zero-order valence-electron chi connectivity index (χ0n) is 11.4. The molecule has 1 aromatic rings. The van der Waals surface area contributed by atoms with E-state index >= 15 is 0 Å². The maximum Gasteiger partial charge on any atom is 0.339 e. The molecule has 0 saturated heterocycles. The number of nitrogens with zero attached hydrogens (tertiary/aromatic N) is 1. The van der Waals surface area contributed by atoms with Crippen molar-refractivity contribution in [1.29, 1.82) is 0 Å². The van der Waals surface area contributed by atoms with Gasteiger partial charge in [0.15, 0.2) is 0 Å². The maximum atomic E-state index is 12.1. The van der Waals surface area contributed by atoms with Crippen LogP contribution in [0.4, 0.5) is 10.5 Å². The van der Waals surface area contributed by atoms with Crippen molar-refractivity contribution in [3.8, 4) is 5.75 Å². The number of halogens is 1. The number of benzene rings is 1. The molecule has 1 aliphatic rings. The molecule has 1 aromatic carbocycles. The molecule has 0 radical (unpaired) electrons. The summed E-state index contributed by atoms with van der Waals surface area (Å²) in [6.07, 6.45) is 4.74. The summed E-state index contributed by atoms with van der Waals surface area (Å²) in [5.74, 6) is -1.01. The van der Waals surface area contributed by atoms with Gasteiger partial charge in [0.25, 0.3) is 0 Å². The predicted molar refractivity (Wildman–Crippen MR) is 79.3 cm³/mol. The highest BCUT2D eigenvalue weighted by molar-refractivity contribution is 6.34. The summed E-state index contributed by atoms with van der Waals surface area (Å²) in [4.78, 5) is 24.8. The summed E-state index contributed by atoms with van der Waals surface area (Å²) in [6, 6.07) is 2.38. The number of hydrogen-bond acceptors (Lipinski definition) is 3. The Morgan fingerprint density at radius 3 is 2.71 bits per heavy atom. The first-order valence-corrected chi connectivity index (χ1v) is 6.72. The van der Waals surface area contributed by atoms with E-state index in [1.807, 2.05) is 12.2 Å². The second kappa shape index (κ2) is 6.49. The van der Waals surface area contributed by atoms with Crippen molar-refractivity contribution < 1.29 is 19.4 Å². The van der Waals surface area contributed by atoms with E-state index in [4.69, 9.17) is 21.4 Å². The Kier molecular flexibility index (Phi) is 4.70. The van der Waals surface area contributed by atoms with Gasteiger partial charge >= 0.3 is 12.0 Å². The van der Waals surface area contributed by atoms with Gasteiger partial charge in [-0.2, -0.15) is 0 Å². The number of urea groups is 1. The van der Waals surface area contributed by atoms with E-state index in [9.17, 15) is 9.59 Å². The Morgan fingerprint density at radius 2 is 2.14 bits per heavy atom. The molecule has 2 amide bonds. The number of carbonyl (C=O) groups excluding carboxylic acids is 1. The van der Waals surface area contributed by atoms with Gasteiger partial charge < -0.3 is 20.1 Å². The number of anilines is 1. The fraction of sp³-hybridized carbons (Fsp3) is 0.286. The fourth-order valence-electron chi connectivity index (χ4n) is 2.01. The zero-order chi connectivity index (χ0) is 15.4. The van der Waals surface area contributed by atoms with E-state index in [0.717, 1.165) is 6.42 Å². The number of carboxylic acids is 1. The van der Waals surface area contributed by atoms with Gasteiger partial charge in [0.2, 0.25) is 0 Å². The van der Waals surface area contributed by atoms with Gasteiger partial charge in [-0.15, -0.1) is 0 Å². The van der Waals surface area contributed by atoms with Crippen LogP contribution in [-0.2, 0) is 0 Å². The molecule has 6 nitrogen and oxygen atoms in total. The third-order valence-electron chi connectivity index (χ3n) is 3.11. The second-order valence-corrected chi connectivity index (χ2v) is 4.88. The van der Waals surface area contributed by atoms with Crippen LogP contribution in [-0.4, -0.2) is 42.2 Å². The average Bonchev–Trinajstić information content (AvgIpc) is 2.49. The monoisotopic (exact) mass is 310 g/mol. The SMILES string of the molecule is COc1cc(NC(=O)N2CC=CCC2)c(Cl)cc1C(=O)O. The quantitative estimate of drug-likeness (QED) is 0.841. The molecule has 0 saturated carbocycles. The van der Waals surface area contributed by atoms with Gasteiger partial charge in [-0.25, -0.2) is 9.59 Å². The van der Waals surface area contributed by atoms with Crippen LogP contribution in [0.25, 0.3) is 0 Å². The van der Waals surface area contributed by atoms with Crippen LogP contribution in [0.5, 0.6) is 5.75 Å². The first kappa shape index (κ1) is 15.2. The zero-order valence-corrected chi connectivity index (χ0v) is 12.2. The second-order valence-electron chi connectivity index (χ2n) is 4.47. The van der Waals surface area contributed by atoms with E-state index in [0.29, 0.717) is 18.8 Å². The molecule has 2 rings (SSSR count). The number of carboxylic acid groups (broad SMARTS) is 1. The Bertz CT molecular complexity index is 601. The van der Waals surface area contributed by atoms with Crippen LogP contribution < -0.4 is 10.1 Å². The van der Waals surface area contributed by atoms with Crippen LogP contribution in [0.15, 0.2) is 24.3 Å². The summed E-state index contributed by atoms with van der Waals surface area (Å²) >= 11 is 6.02. The van der Waals surface area contributed by atoms with Gasteiger partial charge in [0, 0.05) is 19.2 Å². The summed E-state index contributed by atoms with van der Waals surface area (Å²) in [6.45, 7) is 1.16. The largest absolute Gasteiger partial charge is 0.496 e. The minimum Gasteiger partial charge on any atom is -0.496 e. The summed E-state index contributed by atoms with van der Waals surface area (Å²) in [5, 5.41) is 11.9. The molecule has 0 fully saturated rings. The van der Waals surface area contributed by atoms with E-state index in [1.165, 1.54) is 19.2 Å². The molecule has 112 valence electrons. The molecule has 1 aliphatic heterocycles. The van der Waals surface area contributed by atoms with Crippen LogP contribution >= 0.6 is 11.6 Å². The summed E-state index contributed by atoms with van der Waals surface area (Å²) < 4.78 is 5.01. The van der Waals surface area contributed by atoms with Crippen LogP contribution in [0.3, 0.4) is 0 Å². The molecule has 21 heavy (non-hydrogen) atoms. The Morgan fingerprint density at radius 1 is 1.38 bits per heavy atom. The van der Waals surface area contributed by atoms with Crippen molar-refractivity contribution in [2.75, 3.05) is 25.5 Å². The molecule has 0 unspecified atom stereocenters. The number of hydrogen-bond donors (Lipinski definition) is 2. The van der Waals surface area contributed by atoms with Gasteiger partial charge in [0.1, 0.15) is 11.3 Å². The molecular formula is C14H15ClN2O4. The normalized spacial score (nSPS) is 13.9. The Hall–Kier alpha value is -2.21. The molecular weight excluding hydrogens is 296 g/mol. The Labute approximate surface area is 126 Å². The van der Waals surface area contributed by atoms with E-state index in [1.54, 1.807) is 4.90 Å². The first-order chi connectivity index (χ1) is 10.0. The molecule has 1 heterocycles. The highest BCUT2D eigenvalue weighted by Crippen LogP contribution is 2.31. The average molecular weight is 311 g/mol. The smallest absolute Gasteiger partial charge is 0.339 e. The highest BCUT2D eigenvalue weighted by atomic mass is 35.5. The van der Waals surface area contributed by atoms with Crippen LogP contribution in [0, 0.1) is 0 Å². The maximum absolute atomic E-state index is 12.1. The van der Waals surface area contributed by atoms with E-state index in [2.05, 4.69) is 5.32 Å². The molecule has 0 bridgehead atoms. The topological polar surface area (TPSA) is 78.9 Å². The molecule has 0 spiro atoms. The fourth-order valence-corrected chi connectivity index (χ4v) is 2.22. The third kappa shape index (κ3) is 3.46. The minimum atomic E-state index is -1.15. The van der Waals surface area contributed by atoms with Crippen molar-refractivity contribution >= 4 is 29.3 Å². The number of carbonyl (C=O) groups is 2. The molecule has 0 aliphatic carbocycles. The number of rotatable bonds is 3. The predicted octanol–water partition coefficient (Wildman–Crippen LogP) is 2.84. The van der Waals surface area contributed by atoms with Crippen molar-refractivity contribution in [2.45, 2.75) is 6.42 Å². The van der Waals surface area contributed by atoms with E-state index in [-0.39, 0.29) is 22.4 Å². The third-order valence-corrected chi connectivity index (χ3v) is 3.42. The number of nitrogens with one attached hydrogen (secondary N) is 1. The first-order valence-electron chi connectivity index (χ1n) is 6.34. The van der Waals surface area contributed by atoms with Crippen molar-refractivity contribution in [3.05, 3.63) is 34.9 Å². The number of aromatic carboxylic acids is 1. The van der Waals surface area contributed by atoms with Gasteiger partial charge in [0.05, 0.1) is 17.8 Å². The number of ether oxygens (including phenoxy) is 1. The lowest BCUT2D eigenvalue weighted by Gasteiger charge is -2.24. The Balaban J connectivity index is 2.21.